The summed E-state index contributed by atoms with van der Waals surface area (Å²) in [5, 5.41) is 9.21. The molecule has 1 saturated heterocycles. The maximum absolute atomic E-state index is 12.8. The molecule has 5 heteroatoms. The van der Waals surface area contributed by atoms with Gasteiger partial charge >= 0.3 is 0 Å². The summed E-state index contributed by atoms with van der Waals surface area (Å²) in [6, 6.07) is 19.9. The van der Waals surface area contributed by atoms with Crippen LogP contribution in [0.3, 0.4) is 0 Å². The lowest BCUT2D eigenvalue weighted by Crippen LogP contribution is -2.31. The number of amidine groups is 1. The van der Waals surface area contributed by atoms with E-state index in [9.17, 15) is 4.79 Å². The van der Waals surface area contributed by atoms with Crippen LogP contribution in [0.1, 0.15) is 37.3 Å². The summed E-state index contributed by atoms with van der Waals surface area (Å²) >= 11 is 1.53. The van der Waals surface area contributed by atoms with Gasteiger partial charge in [-0.25, -0.2) is 0 Å². The van der Waals surface area contributed by atoms with E-state index in [0.29, 0.717) is 11.7 Å². The van der Waals surface area contributed by atoms with Gasteiger partial charge in [-0.3, -0.25) is 9.69 Å². The predicted molar refractivity (Wildman–Crippen MR) is 109 cm³/mol. The molecule has 0 radical (unpaired) electrons. The fraction of sp³-hybridized carbons (Fsp3) is 0.286. The second-order valence-electron chi connectivity index (χ2n) is 6.20. The number of thioether (sulfide) groups is 1. The molecule has 0 bridgehead atoms. The number of carbonyl (C=O) groups excluding carboxylic acids is 1. The fourth-order valence-corrected chi connectivity index (χ4v) is 3.90. The summed E-state index contributed by atoms with van der Waals surface area (Å²) in [5.74, 6) is 0.140. The highest BCUT2D eigenvalue weighted by atomic mass is 32.2. The molecule has 1 atom stereocenters. The SMILES string of the molecule is CCCC[C@@H]1S/C(=N\N=C/c2ccccc2)N(Cc2ccccc2)C1=O. The second kappa shape index (κ2) is 9.34. The second-order valence-corrected chi connectivity index (χ2v) is 7.37. The van der Waals surface area contributed by atoms with Gasteiger partial charge in [0.1, 0.15) is 0 Å². The van der Waals surface area contributed by atoms with Crippen LogP contribution >= 0.6 is 11.8 Å². The Labute approximate surface area is 159 Å². The molecule has 0 N–H and O–H groups in total. The predicted octanol–water partition coefficient (Wildman–Crippen LogP) is 4.71. The van der Waals surface area contributed by atoms with Crippen LogP contribution in [0.15, 0.2) is 70.9 Å². The molecule has 1 fully saturated rings. The molecule has 134 valence electrons. The van der Waals surface area contributed by atoms with Gasteiger partial charge in [0.15, 0.2) is 5.17 Å². The minimum absolute atomic E-state index is 0.0515. The molecule has 26 heavy (non-hydrogen) atoms. The Morgan fingerprint density at radius 1 is 1.08 bits per heavy atom. The number of amides is 1. The van der Waals surface area contributed by atoms with Crippen LogP contribution in [-0.4, -0.2) is 27.4 Å². The van der Waals surface area contributed by atoms with Crippen molar-refractivity contribution in [2.24, 2.45) is 10.2 Å². The smallest absolute Gasteiger partial charge is 0.242 e. The van der Waals surface area contributed by atoms with Crippen molar-refractivity contribution < 1.29 is 4.79 Å². The van der Waals surface area contributed by atoms with Gasteiger partial charge in [0.05, 0.1) is 18.0 Å². The van der Waals surface area contributed by atoms with E-state index in [4.69, 9.17) is 0 Å². The average Bonchev–Trinajstić information content (AvgIpc) is 2.97. The zero-order valence-corrected chi connectivity index (χ0v) is 15.7. The number of benzene rings is 2. The first-order chi connectivity index (χ1) is 12.8. The van der Waals surface area contributed by atoms with E-state index in [1.165, 1.54) is 11.8 Å². The molecule has 2 aromatic carbocycles. The van der Waals surface area contributed by atoms with E-state index in [2.05, 4.69) is 17.1 Å². The molecule has 1 aliphatic rings. The number of nitrogens with zero attached hydrogens (tertiary/aromatic N) is 3. The highest BCUT2D eigenvalue weighted by molar-refractivity contribution is 8.15. The van der Waals surface area contributed by atoms with Crippen molar-refractivity contribution in [2.45, 2.75) is 38.0 Å². The first-order valence-corrected chi connectivity index (χ1v) is 9.84. The minimum atomic E-state index is -0.0515. The van der Waals surface area contributed by atoms with Gasteiger partial charge in [-0.1, -0.05) is 92.2 Å². The molecule has 1 aliphatic heterocycles. The van der Waals surface area contributed by atoms with Crippen molar-refractivity contribution in [3.63, 3.8) is 0 Å². The summed E-state index contributed by atoms with van der Waals surface area (Å²) in [5.41, 5.74) is 2.08. The van der Waals surface area contributed by atoms with Gasteiger partial charge < -0.3 is 0 Å². The molecule has 4 nitrogen and oxygen atoms in total. The molecule has 3 rings (SSSR count). The van der Waals surface area contributed by atoms with Crippen molar-refractivity contribution in [1.82, 2.24) is 4.90 Å². The third-order valence-corrected chi connectivity index (χ3v) is 5.41. The zero-order chi connectivity index (χ0) is 18.2. The summed E-state index contributed by atoms with van der Waals surface area (Å²) < 4.78 is 0. The molecule has 1 amide bonds. The Morgan fingerprint density at radius 2 is 1.77 bits per heavy atom. The first-order valence-electron chi connectivity index (χ1n) is 8.96. The van der Waals surface area contributed by atoms with Gasteiger partial charge in [-0.05, 0) is 17.5 Å². The highest BCUT2D eigenvalue weighted by Gasteiger charge is 2.37. The van der Waals surface area contributed by atoms with E-state index < -0.39 is 0 Å². The van der Waals surface area contributed by atoms with Crippen LogP contribution in [0.25, 0.3) is 0 Å². The molecule has 0 spiro atoms. The molecule has 0 saturated carbocycles. The first kappa shape index (κ1) is 18.4. The van der Waals surface area contributed by atoms with E-state index >= 15 is 0 Å². The van der Waals surface area contributed by atoms with Gasteiger partial charge in [-0.15, -0.1) is 5.10 Å². The molecule has 0 aromatic heterocycles. The lowest BCUT2D eigenvalue weighted by atomic mass is 10.1. The van der Waals surface area contributed by atoms with E-state index in [1.807, 2.05) is 60.7 Å². The Morgan fingerprint density at radius 3 is 2.46 bits per heavy atom. The number of unbranched alkanes of at least 4 members (excludes halogenated alkanes) is 1. The number of rotatable bonds is 7. The quantitative estimate of drug-likeness (QED) is 0.527. The summed E-state index contributed by atoms with van der Waals surface area (Å²) in [6.45, 7) is 2.68. The van der Waals surface area contributed by atoms with Crippen molar-refractivity contribution in [1.29, 1.82) is 0 Å². The van der Waals surface area contributed by atoms with E-state index in [1.54, 1.807) is 11.1 Å². The average molecular weight is 366 g/mol. The zero-order valence-electron chi connectivity index (χ0n) is 14.9. The maximum Gasteiger partial charge on any atom is 0.242 e. The van der Waals surface area contributed by atoms with Crippen LogP contribution in [-0.2, 0) is 11.3 Å². The number of hydrogen-bond acceptors (Lipinski definition) is 4. The maximum atomic E-state index is 12.8. The van der Waals surface area contributed by atoms with Crippen LogP contribution in [0.5, 0.6) is 0 Å². The molecule has 0 unspecified atom stereocenters. The van der Waals surface area contributed by atoms with Crippen LogP contribution in [0.4, 0.5) is 0 Å². The largest absolute Gasteiger partial charge is 0.284 e. The topological polar surface area (TPSA) is 45.0 Å². The third kappa shape index (κ3) is 4.82. The van der Waals surface area contributed by atoms with Gasteiger partial charge in [0, 0.05) is 0 Å². The molecule has 0 aliphatic carbocycles. The van der Waals surface area contributed by atoms with Gasteiger partial charge in [-0.2, -0.15) is 5.10 Å². The van der Waals surface area contributed by atoms with Crippen molar-refractivity contribution in [3.8, 4) is 0 Å². The van der Waals surface area contributed by atoms with E-state index in [-0.39, 0.29) is 11.2 Å². The Kier molecular flexibility index (Phi) is 6.61. The van der Waals surface area contributed by atoms with Crippen molar-refractivity contribution in [3.05, 3.63) is 71.8 Å². The van der Waals surface area contributed by atoms with Gasteiger partial charge in [0.2, 0.25) is 5.91 Å². The molecule has 1 heterocycles. The molecular formula is C21H23N3OS. The van der Waals surface area contributed by atoms with Crippen LogP contribution in [0, 0.1) is 0 Å². The van der Waals surface area contributed by atoms with Gasteiger partial charge in [0.25, 0.3) is 0 Å². The fourth-order valence-electron chi connectivity index (χ4n) is 2.75. The normalized spacial score (nSPS) is 19.0. The third-order valence-electron chi connectivity index (χ3n) is 4.17. The van der Waals surface area contributed by atoms with Crippen molar-refractivity contribution in [2.75, 3.05) is 0 Å². The lowest BCUT2D eigenvalue weighted by molar-refractivity contribution is -0.126. The Balaban J connectivity index is 1.78. The Bertz CT molecular complexity index is 774. The standard InChI is InChI=1S/C21H23N3OS/c1-2-3-14-19-20(25)24(16-18-12-8-5-9-13-18)21(26-19)23-22-15-17-10-6-4-7-11-17/h4-13,15,19H,2-3,14,16H2,1H3/b22-15-,23-21-/t19-/m0/s1. The molecular weight excluding hydrogens is 342 g/mol. The van der Waals surface area contributed by atoms with E-state index in [0.717, 1.165) is 30.4 Å². The number of hydrogen-bond donors (Lipinski definition) is 0. The summed E-state index contributed by atoms with van der Waals surface area (Å²) in [6.07, 6.45) is 4.73. The lowest BCUT2D eigenvalue weighted by Gasteiger charge is -2.15. The van der Waals surface area contributed by atoms with Crippen LogP contribution in [0.2, 0.25) is 0 Å². The number of carbonyl (C=O) groups is 1. The summed E-state index contributed by atoms with van der Waals surface area (Å²) in [4.78, 5) is 14.6. The highest BCUT2D eigenvalue weighted by Crippen LogP contribution is 2.32. The molecule has 2 aromatic rings. The monoisotopic (exact) mass is 365 g/mol. The Hall–Kier alpha value is -2.40. The minimum Gasteiger partial charge on any atom is -0.284 e. The summed E-state index contributed by atoms with van der Waals surface area (Å²) in [7, 11) is 0. The van der Waals surface area contributed by atoms with Crippen molar-refractivity contribution >= 4 is 29.1 Å². The van der Waals surface area contributed by atoms with Crippen LogP contribution < -0.4 is 0 Å².